The molecule has 3 atom stereocenters. The van der Waals surface area contributed by atoms with Gasteiger partial charge in [0.2, 0.25) is 11.8 Å². The number of aliphatic hydroxyl groups excluding tert-OH is 1. The van der Waals surface area contributed by atoms with Crippen LogP contribution in [0.15, 0.2) is 54.7 Å². The molecule has 2 amide bonds. The van der Waals surface area contributed by atoms with Crippen molar-refractivity contribution in [3.05, 3.63) is 71.8 Å². The zero-order valence-electron chi connectivity index (χ0n) is 20.1. The third-order valence-electron chi connectivity index (χ3n) is 7.00. The van der Waals surface area contributed by atoms with E-state index in [-0.39, 0.29) is 44.2 Å². The Morgan fingerprint density at radius 2 is 1.81 bits per heavy atom. The lowest BCUT2D eigenvalue weighted by Crippen LogP contribution is -2.47. The van der Waals surface area contributed by atoms with Crippen LogP contribution in [0.3, 0.4) is 0 Å². The maximum Gasteiger partial charge on any atom is 0.271 e. The van der Waals surface area contributed by atoms with E-state index in [4.69, 9.17) is 5.73 Å². The average molecular weight is 515 g/mol. The maximum atomic E-state index is 13.8. The summed E-state index contributed by atoms with van der Waals surface area (Å²) < 4.78 is 41.1. The summed E-state index contributed by atoms with van der Waals surface area (Å²) in [6, 6.07) is 11.8. The number of rotatable bonds is 9. The van der Waals surface area contributed by atoms with Crippen LogP contribution >= 0.6 is 0 Å². The number of aromatic nitrogens is 2. The summed E-state index contributed by atoms with van der Waals surface area (Å²) in [6.45, 7) is 0. The molecule has 0 bridgehead atoms. The SMILES string of the molecule is NC(=O)C(CC(O)C(Cc1cccc(F)c1)NC(=O)c1cnc2ccccc2n1)C1CCC(F)(F)CC1. The Bertz CT molecular complexity index is 1260. The second-order valence-corrected chi connectivity index (χ2v) is 9.66. The van der Waals surface area contributed by atoms with Gasteiger partial charge in [0.1, 0.15) is 11.5 Å². The summed E-state index contributed by atoms with van der Waals surface area (Å²) in [5.41, 5.74) is 7.27. The Morgan fingerprint density at radius 3 is 2.49 bits per heavy atom. The maximum absolute atomic E-state index is 13.8. The van der Waals surface area contributed by atoms with E-state index in [1.165, 1.54) is 24.4 Å². The minimum Gasteiger partial charge on any atom is -0.391 e. The molecule has 3 unspecified atom stereocenters. The van der Waals surface area contributed by atoms with E-state index >= 15 is 0 Å². The number of amides is 2. The summed E-state index contributed by atoms with van der Waals surface area (Å²) >= 11 is 0. The number of benzene rings is 2. The van der Waals surface area contributed by atoms with E-state index in [1.54, 1.807) is 30.3 Å². The number of nitrogens with two attached hydrogens (primary N) is 1. The van der Waals surface area contributed by atoms with Crippen LogP contribution in [0.5, 0.6) is 0 Å². The molecule has 1 aliphatic carbocycles. The summed E-state index contributed by atoms with van der Waals surface area (Å²) in [7, 11) is 0. The molecule has 2 aromatic carbocycles. The van der Waals surface area contributed by atoms with Gasteiger partial charge in [0, 0.05) is 18.8 Å². The Kier molecular flexibility index (Phi) is 8.06. The highest BCUT2D eigenvalue weighted by molar-refractivity contribution is 5.94. The number of para-hydroxylation sites is 2. The minimum atomic E-state index is -2.77. The summed E-state index contributed by atoms with van der Waals surface area (Å²) in [6.07, 6.45) is -0.488. The van der Waals surface area contributed by atoms with E-state index in [9.17, 15) is 27.9 Å². The molecular weight excluding hydrogens is 485 g/mol. The first-order chi connectivity index (χ1) is 17.6. The molecule has 4 N–H and O–H groups in total. The summed E-state index contributed by atoms with van der Waals surface area (Å²) in [5, 5.41) is 13.9. The molecule has 0 saturated heterocycles. The Hall–Kier alpha value is -3.53. The van der Waals surface area contributed by atoms with Gasteiger partial charge in [-0.3, -0.25) is 14.6 Å². The molecule has 196 valence electrons. The van der Waals surface area contributed by atoms with Crippen LogP contribution in [0.25, 0.3) is 11.0 Å². The predicted octanol–water partition coefficient (Wildman–Crippen LogP) is 3.79. The molecule has 0 radical (unpaired) electrons. The van der Waals surface area contributed by atoms with Crippen molar-refractivity contribution in [2.24, 2.45) is 17.6 Å². The zero-order chi connectivity index (χ0) is 26.6. The fraction of sp³-hybridized carbons (Fsp3) is 0.407. The van der Waals surface area contributed by atoms with Crippen molar-refractivity contribution in [1.82, 2.24) is 15.3 Å². The molecule has 10 heteroatoms. The van der Waals surface area contributed by atoms with Crippen molar-refractivity contribution in [3.63, 3.8) is 0 Å². The first kappa shape index (κ1) is 26.5. The van der Waals surface area contributed by atoms with E-state index in [2.05, 4.69) is 15.3 Å². The number of fused-ring (bicyclic) bond motifs is 1. The first-order valence-corrected chi connectivity index (χ1v) is 12.2. The van der Waals surface area contributed by atoms with Gasteiger partial charge >= 0.3 is 0 Å². The van der Waals surface area contributed by atoms with Crippen LogP contribution in [0.1, 0.15) is 48.2 Å². The van der Waals surface area contributed by atoms with Gasteiger partial charge in [-0.05, 0) is 61.4 Å². The fourth-order valence-electron chi connectivity index (χ4n) is 4.94. The molecule has 1 saturated carbocycles. The molecule has 1 fully saturated rings. The molecule has 0 spiro atoms. The number of halogens is 3. The highest BCUT2D eigenvalue weighted by Gasteiger charge is 2.40. The third-order valence-corrected chi connectivity index (χ3v) is 7.00. The predicted molar refractivity (Wildman–Crippen MR) is 131 cm³/mol. The summed E-state index contributed by atoms with van der Waals surface area (Å²) in [4.78, 5) is 33.9. The zero-order valence-corrected chi connectivity index (χ0v) is 20.1. The molecular formula is C27H29F3N4O3. The minimum absolute atomic E-state index is 0.0242. The smallest absolute Gasteiger partial charge is 0.271 e. The largest absolute Gasteiger partial charge is 0.391 e. The topological polar surface area (TPSA) is 118 Å². The number of primary amides is 1. The Labute approximate surface area is 212 Å². The van der Waals surface area contributed by atoms with Gasteiger partial charge in [0.15, 0.2) is 0 Å². The highest BCUT2D eigenvalue weighted by atomic mass is 19.3. The number of carbonyl (C=O) groups excluding carboxylic acids is 2. The number of hydrogen-bond donors (Lipinski definition) is 3. The average Bonchev–Trinajstić information content (AvgIpc) is 2.86. The van der Waals surface area contributed by atoms with E-state index < -0.39 is 47.5 Å². The van der Waals surface area contributed by atoms with Gasteiger partial charge in [-0.15, -0.1) is 0 Å². The van der Waals surface area contributed by atoms with Gasteiger partial charge in [-0.2, -0.15) is 0 Å². The van der Waals surface area contributed by atoms with Crippen molar-refractivity contribution >= 4 is 22.8 Å². The monoisotopic (exact) mass is 514 g/mol. The lowest BCUT2D eigenvalue weighted by molar-refractivity contribution is -0.127. The van der Waals surface area contributed by atoms with Crippen LogP contribution in [0.4, 0.5) is 13.2 Å². The van der Waals surface area contributed by atoms with E-state index in [0.717, 1.165) is 0 Å². The number of aliphatic hydroxyl groups is 1. The number of alkyl halides is 2. The van der Waals surface area contributed by atoms with Gasteiger partial charge in [-0.25, -0.2) is 18.2 Å². The molecule has 4 rings (SSSR count). The fourth-order valence-corrected chi connectivity index (χ4v) is 4.94. The standard InChI is InChI=1S/C27H29F3N4O3/c28-18-5-3-4-16(12-18)13-22(34-26(37)23-15-32-20-6-1-2-7-21(20)33-23)24(35)14-19(25(31)36)17-8-10-27(29,30)11-9-17/h1-7,12,15,17,19,22,24,35H,8-11,13-14H2,(H2,31,36)(H,34,37). The van der Waals surface area contributed by atoms with Gasteiger partial charge in [0.05, 0.1) is 29.4 Å². The number of carbonyl (C=O) groups is 2. The second-order valence-electron chi connectivity index (χ2n) is 9.66. The van der Waals surface area contributed by atoms with Gasteiger partial charge < -0.3 is 16.2 Å². The van der Waals surface area contributed by atoms with Crippen LogP contribution in [0.2, 0.25) is 0 Å². The van der Waals surface area contributed by atoms with Crippen LogP contribution in [0, 0.1) is 17.7 Å². The van der Waals surface area contributed by atoms with Crippen LogP contribution in [-0.2, 0) is 11.2 Å². The van der Waals surface area contributed by atoms with Crippen LogP contribution in [-0.4, -0.2) is 45.0 Å². The highest BCUT2D eigenvalue weighted by Crippen LogP contribution is 2.40. The summed E-state index contributed by atoms with van der Waals surface area (Å²) in [5.74, 6) is -5.79. The van der Waals surface area contributed by atoms with Crippen molar-refractivity contribution < 1.29 is 27.9 Å². The third kappa shape index (κ3) is 6.82. The van der Waals surface area contributed by atoms with Gasteiger partial charge in [0.25, 0.3) is 5.91 Å². The van der Waals surface area contributed by atoms with E-state index in [0.29, 0.717) is 16.6 Å². The molecule has 7 nitrogen and oxygen atoms in total. The molecule has 3 aromatic rings. The lowest BCUT2D eigenvalue weighted by Gasteiger charge is -2.34. The van der Waals surface area contributed by atoms with Crippen molar-refractivity contribution in [3.8, 4) is 0 Å². The van der Waals surface area contributed by atoms with Gasteiger partial charge in [-0.1, -0.05) is 24.3 Å². The number of hydrogen-bond acceptors (Lipinski definition) is 5. The first-order valence-electron chi connectivity index (χ1n) is 12.2. The lowest BCUT2D eigenvalue weighted by atomic mass is 9.75. The number of nitrogens with one attached hydrogen (secondary N) is 1. The molecule has 1 aliphatic rings. The Morgan fingerprint density at radius 1 is 1.11 bits per heavy atom. The second kappa shape index (κ2) is 11.2. The van der Waals surface area contributed by atoms with Crippen LogP contribution < -0.4 is 11.1 Å². The van der Waals surface area contributed by atoms with Crippen molar-refractivity contribution in [2.75, 3.05) is 0 Å². The van der Waals surface area contributed by atoms with E-state index in [1.807, 2.05) is 0 Å². The molecule has 0 aliphatic heterocycles. The molecule has 37 heavy (non-hydrogen) atoms. The number of nitrogens with zero attached hydrogens (tertiary/aromatic N) is 2. The molecule has 1 aromatic heterocycles. The van der Waals surface area contributed by atoms with Crippen molar-refractivity contribution in [2.45, 2.75) is 56.6 Å². The Balaban J connectivity index is 1.54. The molecule has 1 heterocycles. The van der Waals surface area contributed by atoms with Crippen molar-refractivity contribution in [1.29, 1.82) is 0 Å². The quantitative estimate of drug-likeness (QED) is 0.402. The normalized spacial score (nSPS) is 18.2.